The van der Waals surface area contributed by atoms with Gasteiger partial charge >= 0.3 is 23.9 Å². The molecule has 0 rings (SSSR count). The number of nitrogens with one attached hydrogen (secondary N) is 7. The maximum absolute atomic E-state index is 13.7. The van der Waals surface area contributed by atoms with Gasteiger partial charge in [-0.15, -0.1) is 0 Å². The highest BCUT2D eigenvalue weighted by Crippen LogP contribution is 2.09. The van der Waals surface area contributed by atoms with Crippen LogP contribution in [0.25, 0.3) is 0 Å². The lowest BCUT2D eigenvalue weighted by atomic mass is 10.0. The number of carbonyl (C=O) groups is 11. The molecule has 0 spiro atoms. The minimum Gasteiger partial charge on any atom is -0.481 e. The second-order valence-corrected chi connectivity index (χ2v) is 15.4. The van der Waals surface area contributed by atoms with E-state index in [9.17, 15) is 78.3 Å². The second-order valence-electron chi connectivity index (χ2n) is 15.4. The zero-order valence-electron chi connectivity index (χ0n) is 37.2. The maximum atomic E-state index is 13.7. The average molecular weight is 964 g/mol. The molecule has 0 saturated heterocycles. The van der Waals surface area contributed by atoms with Gasteiger partial charge in [0.2, 0.25) is 41.4 Å². The van der Waals surface area contributed by atoms with E-state index >= 15 is 0 Å². The van der Waals surface area contributed by atoms with Crippen LogP contribution < -0.4 is 60.2 Å². The molecule has 0 saturated carbocycles. The Balaban J connectivity index is 6.35. The molecule has 0 aromatic heterocycles. The SMILES string of the molecule is NCCCC[C@H](NC(=O)[C@H](CO)NC(=O)[C@H](CCC(=O)O)NC(=O)[C@H](CCCCN)NC(=O)[C@H](CO)NC(=O)[C@H](CCC(=O)O)NC(=O)[C@@H](N)CCCCN)C(=O)N[C@@H](CCC(=O)O)C(=O)O. The third-order valence-electron chi connectivity index (χ3n) is 9.92. The highest BCUT2D eigenvalue weighted by Gasteiger charge is 2.34. The van der Waals surface area contributed by atoms with E-state index in [4.69, 9.17) is 28.0 Å². The van der Waals surface area contributed by atoms with E-state index in [0.29, 0.717) is 32.2 Å². The fraction of sp³-hybridized carbons (Fsp3) is 0.718. The molecule has 0 radical (unpaired) electrons. The Morgan fingerprint density at radius 1 is 0.343 bits per heavy atom. The molecule has 7 amide bonds. The number of unbranched alkanes of at least 4 members (excludes halogenated alkanes) is 3. The third-order valence-corrected chi connectivity index (χ3v) is 9.92. The van der Waals surface area contributed by atoms with Gasteiger partial charge in [-0.05, 0) is 90.3 Å². The van der Waals surface area contributed by atoms with Crippen LogP contribution in [-0.4, -0.2) is 177 Å². The number of nitrogens with two attached hydrogens (primary N) is 4. The molecule has 0 aliphatic rings. The van der Waals surface area contributed by atoms with E-state index in [1.807, 2.05) is 0 Å². The summed E-state index contributed by atoms with van der Waals surface area (Å²) in [4.78, 5) is 139. The molecule has 67 heavy (non-hydrogen) atoms. The van der Waals surface area contributed by atoms with Gasteiger partial charge in [-0.1, -0.05) is 6.42 Å². The summed E-state index contributed by atoms with van der Waals surface area (Å²) in [7, 11) is 0. The van der Waals surface area contributed by atoms with E-state index < -0.39 is 165 Å². The van der Waals surface area contributed by atoms with Crippen molar-refractivity contribution in [3.8, 4) is 0 Å². The summed E-state index contributed by atoms with van der Waals surface area (Å²) in [6.45, 7) is -1.52. The number of aliphatic hydroxyl groups is 2. The van der Waals surface area contributed by atoms with Crippen LogP contribution in [-0.2, 0) is 52.7 Å². The number of aliphatic hydroxyl groups excluding tert-OH is 2. The van der Waals surface area contributed by atoms with Crippen molar-refractivity contribution in [1.29, 1.82) is 0 Å². The van der Waals surface area contributed by atoms with Crippen LogP contribution >= 0.6 is 0 Å². The molecule has 0 heterocycles. The van der Waals surface area contributed by atoms with Crippen LogP contribution in [0.4, 0.5) is 0 Å². The highest BCUT2D eigenvalue weighted by molar-refractivity contribution is 5.98. The summed E-state index contributed by atoms with van der Waals surface area (Å²) in [6.07, 6.45) is -1.46. The van der Waals surface area contributed by atoms with Crippen molar-refractivity contribution < 1.29 is 83.4 Å². The fourth-order valence-corrected chi connectivity index (χ4v) is 6.06. The monoisotopic (exact) mass is 963 g/mol. The van der Waals surface area contributed by atoms with Gasteiger partial charge in [0.15, 0.2) is 0 Å². The van der Waals surface area contributed by atoms with Crippen LogP contribution in [0.2, 0.25) is 0 Å². The molecule has 0 unspecified atom stereocenters. The van der Waals surface area contributed by atoms with Gasteiger partial charge in [-0.2, -0.15) is 0 Å². The molecule has 0 bridgehead atoms. The lowest BCUT2D eigenvalue weighted by molar-refractivity contribution is -0.144. The average Bonchev–Trinajstić information content (AvgIpc) is 3.27. The fourth-order valence-electron chi connectivity index (χ4n) is 6.06. The van der Waals surface area contributed by atoms with Crippen molar-refractivity contribution in [1.82, 2.24) is 37.2 Å². The molecule has 0 aromatic carbocycles. The standard InChI is InChI=1S/C39H69N11O17/c40-16-4-1-7-21(43)32(59)44-24(10-13-29(53)54)35(62)49-27(19-51)37(64)45-22(8-2-5-17-41)33(60)47-25(11-14-30(55)56)36(63)50-28(20-52)38(65)46-23(9-3-6-18-42)34(61)48-26(39(66)67)12-15-31(57)58/h21-28,51-52H,1-20,40-43H2,(H,44,59)(H,45,64)(H,46,65)(H,47,60)(H,48,61)(H,49,62)(H,50,63)(H,53,54)(H,55,56)(H,57,58)(H,66,67)/t21-,22-,23-,24-,25-,26-,27-,28-/m0/s1. The van der Waals surface area contributed by atoms with E-state index in [0.717, 1.165) is 0 Å². The van der Waals surface area contributed by atoms with Gasteiger partial charge < -0.3 is 90.8 Å². The minimum atomic E-state index is -1.85. The molecule has 0 aliphatic carbocycles. The summed E-state index contributed by atoms with van der Waals surface area (Å²) in [5, 5.41) is 73.0. The Morgan fingerprint density at radius 2 is 0.597 bits per heavy atom. The number of carboxylic acid groups (broad SMARTS) is 4. The topological polar surface area (TPSA) is 497 Å². The smallest absolute Gasteiger partial charge is 0.326 e. The first-order valence-corrected chi connectivity index (χ1v) is 21.7. The van der Waals surface area contributed by atoms with Crippen molar-refractivity contribution in [2.24, 2.45) is 22.9 Å². The second kappa shape index (κ2) is 34.3. The van der Waals surface area contributed by atoms with E-state index in [2.05, 4.69) is 37.2 Å². The number of aliphatic carboxylic acids is 4. The van der Waals surface area contributed by atoms with Crippen molar-refractivity contribution in [2.75, 3.05) is 32.8 Å². The summed E-state index contributed by atoms with van der Waals surface area (Å²) in [5.41, 5.74) is 22.5. The lowest BCUT2D eigenvalue weighted by Crippen LogP contribution is -2.61. The molecule has 382 valence electrons. The van der Waals surface area contributed by atoms with Crippen LogP contribution in [0.1, 0.15) is 96.3 Å². The van der Waals surface area contributed by atoms with Crippen LogP contribution in [0.3, 0.4) is 0 Å². The Morgan fingerprint density at radius 3 is 0.896 bits per heavy atom. The largest absolute Gasteiger partial charge is 0.481 e. The lowest BCUT2D eigenvalue weighted by Gasteiger charge is -2.27. The first-order chi connectivity index (χ1) is 31.6. The van der Waals surface area contributed by atoms with Gasteiger partial charge in [0.05, 0.1) is 19.3 Å². The van der Waals surface area contributed by atoms with Gasteiger partial charge in [-0.3, -0.25) is 47.9 Å². The number of rotatable bonds is 38. The molecular weight excluding hydrogens is 894 g/mol. The Bertz CT molecular complexity index is 1660. The van der Waals surface area contributed by atoms with E-state index in [1.54, 1.807) is 0 Å². The molecule has 0 aliphatic heterocycles. The Labute approximate surface area is 385 Å². The van der Waals surface area contributed by atoms with Crippen LogP contribution in [0, 0.1) is 0 Å². The predicted octanol–water partition coefficient (Wildman–Crippen LogP) is -6.24. The first kappa shape index (κ1) is 60.9. The first-order valence-electron chi connectivity index (χ1n) is 21.7. The van der Waals surface area contributed by atoms with Crippen molar-refractivity contribution >= 4 is 65.2 Å². The summed E-state index contributed by atoms with van der Waals surface area (Å²) < 4.78 is 0. The van der Waals surface area contributed by atoms with Gasteiger partial charge in [0.25, 0.3) is 0 Å². The Kier molecular flexibility index (Phi) is 31.2. The number of hydrogen-bond acceptors (Lipinski definition) is 17. The quantitative estimate of drug-likeness (QED) is 0.0256. The molecule has 8 atom stereocenters. The molecule has 28 heteroatoms. The molecule has 0 fully saturated rings. The van der Waals surface area contributed by atoms with Crippen LogP contribution in [0.15, 0.2) is 0 Å². The van der Waals surface area contributed by atoms with Crippen molar-refractivity contribution in [2.45, 2.75) is 145 Å². The molecule has 0 aromatic rings. The van der Waals surface area contributed by atoms with Crippen molar-refractivity contribution in [3.63, 3.8) is 0 Å². The maximum Gasteiger partial charge on any atom is 0.326 e. The molecule has 28 nitrogen and oxygen atoms in total. The summed E-state index contributed by atoms with van der Waals surface area (Å²) in [5.74, 6) is -13.2. The van der Waals surface area contributed by atoms with Gasteiger partial charge in [0.1, 0.15) is 42.3 Å². The normalized spacial score (nSPS) is 14.5. The number of amides is 7. The van der Waals surface area contributed by atoms with Crippen LogP contribution in [0.5, 0.6) is 0 Å². The molecule has 21 N–H and O–H groups in total. The molecular formula is C39H69N11O17. The van der Waals surface area contributed by atoms with Gasteiger partial charge in [0, 0.05) is 19.3 Å². The third kappa shape index (κ3) is 26.0. The summed E-state index contributed by atoms with van der Waals surface area (Å²) >= 11 is 0. The zero-order valence-corrected chi connectivity index (χ0v) is 37.2. The Hall–Kier alpha value is -6.07. The number of carboxylic acids is 4. The number of hydrogen-bond donors (Lipinski definition) is 17. The predicted molar refractivity (Wildman–Crippen MR) is 233 cm³/mol. The zero-order chi connectivity index (χ0) is 51.1. The van der Waals surface area contributed by atoms with Gasteiger partial charge in [-0.25, -0.2) is 4.79 Å². The van der Waals surface area contributed by atoms with E-state index in [1.165, 1.54) is 0 Å². The summed E-state index contributed by atoms with van der Waals surface area (Å²) in [6, 6.07) is -12.7. The number of carbonyl (C=O) groups excluding carboxylic acids is 7. The highest BCUT2D eigenvalue weighted by atomic mass is 16.4. The minimum absolute atomic E-state index is 0.117. The van der Waals surface area contributed by atoms with E-state index in [-0.39, 0.29) is 45.2 Å². The van der Waals surface area contributed by atoms with Crippen molar-refractivity contribution in [3.05, 3.63) is 0 Å².